The summed E-state index contributed by atoms with van der Waals surface area (Å²) in [7, 11) is 1.96. The zero-order valence-electron chi connectivity index (χ0n) is 11.5. The minimum absolute atomic E-state index is 0.238. The molecule has 1 aliphatic carbocycles. The summed E-state index contributed by atoms with van der Waals surface area (Å²) < 4.78 is 1.88. The van der Waals surface area contributed by atoms with Crippen LogP contribution in [0.1, 0.15) is 32.1 Å². The predicted molar refractivity (Wildman–Crippen MR) is 72.7 cm³/mol. The molecule has 5 heteroatoms. The molecule has 1 saturated carbocycles. The average molecular weight is 262 g/mol. The Kier molecular flexibility index (Phi) is 3.31. The quantitative estimate of drug-likeness (QED) is 0.883. The second kappa shape index (κ2) is 4.96. The van der Waals surface area contributed by atoms with Gasteiger partial charge in [0.15, 0.2) is 0 Å². The molecule has 0 unspecified atom stereocenters. The van der Waals surface area contributed by atoms with Crippen LogP contribution < -0.4 is 5.32 Å². The molecule has 0 radical (unpaired) electrons. The number of carbonyl (C=O) groups excluding carboxylic acids is 1. The smallest absolute Gasteiger partial charge is 0.250 e. The van der Waals surface area contributed by atoms with Gasteiger partial charge < -0.3 is 10.2 Å². The largest absolute Gasteiger partial charge is 0.341 e. The van der Waals surface area contributed by atoms with Gasteiger partial charge in [-0.3, -0.25) is 9.48 Å². The van der Waals surface area contributed by atoms with Gasteiger partial charge in [0.2, 0.25) is 0 Å². The number of likely N-dealkylation sites (N-methyl/N-ethyl adjacent to an activating group) is 1. The standard InChI is InChI=1S/C14H22N4O/c1-17(12-4-2-5-12)13(19)14(6-9-15-10-7-14)18-11-3-8-16-18/h3,8,11-12,15H,2,4-7,9-10H2,1H3. The van der Waals surface area contributed by atoms with Crippen LogP contribution in [-0.4, -0.2) is 46.8 Å². The summed E-state index contributed by atoms with van der Waals surface area (Å²) in [6.45, 7) is 1.76. The molecule has 0 spiro atoms. The lowest BCUT2D eigenvalue weighted by Crippen LogP contribution is -2.57. The first-order chi connectivity index (χ1) is 9.24. The van der Waals surface area contributed by atoms with Crippen molar-refractivity contribution in [1.82, 2.24) is 20.0 Å². The number of nitrogens with one attached hydrogen (secondary N) is 1. The van der Waals surface area contributed by atoms with E-state index in [-0.39, 0.29) is 5.91 Å². The van der Waals surface area contributed by atoms with Crippen LogP contribution in [-0.2, 0) is 10.3 Å². The molecule has 0 atom stereocenters. The summed E-state index contributed by atoms with van der Waals surface area (Å²) in [5.74, 6) is 0.238. The van der Waals surface area contributed by atoms with E-state index in [0.717, 1.165) is 38.8 Å². The van der Waals surface area contributed by atoms with E-state index in [1.54, 1.807) is 6.20 Å². The van der Waals surface area contributed by atoms with E-state index in [0.29, 0.717) is 6.04 Å². The van der Waals surface area contributed by atoms with Gasteiger partial charge in [-0.15, -0.1) is 0 Å². The number of piperidine rings is 1. The molecular formula is C14H22N4O. The van der Waals surface area contributed by atoms with Gasteiger partial charge in [-0.1, -0.05) is 0 Å². The summed E-state index contributed by atoms with van der Waals surface area (Å²) in [5.41, 5.74) is -0.473. The molecule has 2 aliphatic rings. The highest BCUT2D eigenvalue weighted by Crippen LogP contribution is 2.32. The van der Waals surface area contributed by atoms with E-state index in [9.17, 15) is 4.79 Å². The number of hydrogen-bond donors (Lipinski definition) is 1. The third kappa shape index (κ3) is 2.06. The van der Waals surface area contributed by atoms with E-state index in [1.807, 2.05) is 28.9 Å². The Morgan fingerprint density at radius 3 is 2.68 bits per heavy atom. The Balaban J connectivity index is 1.88. The zero-order chi connectivity index (χ0) is 13.3. The molecule has 19 heavy (non-hydrogen) atoms. The lowest BCUT2D eigenvalue weighted by molar-refractivity contribution is -0.145. The number of aromatic nitrogens is 2. The van der Waals surface area contributed by atoms with Crippen LogP contribution >= 0.6 is 0 Å². The van der Waals surface area contributed by atoms with Gasteiger partial charge in [-0.05, 0) is 51.3 Å². The Hall–Kier alpha value is -1.36. The van der Waals surface area contributed by atoms with Gasteiger partial charge in [0.1, 0.15) is 5.54 Å². The molecule has 2 heterocycles. The Morgan fingerprint density at radius 2 is 2.16 bits per heavy atom. The Morgan fingerprint density at radius 1 is 1.42 bits per heavy atom. The minimum Gasteiger partial charge on any atom is -0.341 e. The van der Waals surface area contributed by atoms with E-state index in [2.05, 4.69) is 10.4 Å². The molecular weight excluding hydrogens is 240 g/mol. The maximum atomic E-state index is 13.0. The molecule has 0 aromatic carbocycles. The van der Waals surface area contributed by atoms with Crippen LogP contribution in [0, 0.1) is 0 Å². The maximum Gasteiger partial charge on any atom is 0.250 e. The van der Waals surface area contributed by atoms with Gasteiger partial charge in [0.05, 0.1) is 0 Å². The Labute approximate surface area is 114 Å². The zero-order valence-corrected chi connectivity index (χ0v) is 11.5. The third-order valence-corrected chi connectivity index (χ3v) is 4.71. The summed E-state index contributed by atoms with van der Waals surface area (Å²) in [5, 5.41) is 7.70. The van der Waals surface area contributed by atoms with Crippen molar-refractivity contribution in [2.75, 3.05) is 20.1 Å². The summed E-state index contributed by atoms with van der Waals surface area (Å²) in [4.78, 5) is 15.0. The number of carbonyl (C=O) groups is 1. The fourth-order valence-electron chi connectivity index (χ4n) is 3.17. The summed E-state index contributed by atoms with van der Waals surface area (Å²) >= 11 is 0. The van der Waals surface area contributed by atoms with E-state index >= 15 is 0 Å². The van der Waals surface area contributed by atoms with E-state index < -0.39 is 5.54 Å². The van der Waals surface area contributed by atoms with Crippen molar-refractivity contribution in [3.8, 4) is 0 Å². The first kappa shape index (κ1) is 12.7. The molecule has 1 aliphatic heterocycles. The molecule has 104 valence electrons. The van der Waals surface area contributed by atoms with Crippen molar-refractivity contribution in [3.05, 3.63) is 18.5 Å². The van der Waals surface area contributed by atoms with Crippen molar-refractivity contribution >= 4 is 5.91 Å². The lowest BCUT2D eigenvalue weighted by atomic mass is 9.84. The summed E-state index contributed by atoms with van der Waals surface area (Å²) in [6.07, 6.45) is 8.89. The van der Waals surface area contributed by atoms with Gasteiger partial charge in [-0.2, -0.15) is 5.10 Å². The second-order valence-electron chi connectivity index (χ2n) is 5.73. The van der Waals surface area contributed by atoms with E-state index in [4.69, 9.17) is 0 Å². The van der Waals surface area contributed by atoms with Crippen LogP contribution in [0.5, 0.6) is 0 Å². The van der Waals surface area contributed by atoms with E-state index in [1.165, 1.54) is 6.42 Å². The van der Waals surface area contributed by atoms with Gasteiger partial charge >= 0.3 is 0 Å². The van der Waals surface area contributed by atoms with Gasteiger partial charge in [0.25, 0.3) is 5.91 Å². The molecule has 0 bridgehead atoms. The van der Waals surface area contributed by atoms with Crippen molar-refractivity contribution in [3.63, 3.8) is 0 Å². The first-order valence-electron chi connectivity index (χ1n) is 7.22. The first-order valence-corrected chi connectivity index (χ1v) is 7.22. The monoisotopic (exact) mass is 262 g/mol. The fraction of sp³-hybridized carbons (Fsp3) is 0.714. The number of hydrogen-bond acceptors (Lipinski definition) is 3. The highest BCUT2D eigenvalue weighted by atomic mass is 16.2. The number of amides is 1. The van der Waals surface area contributed by atoms with Gasteiger partial charge in [-0.25, -0.2) is 0 Å². The minimum atomic E-state index is -0.473. The molecule has 1 N–H and O–H groups in total. The lowest BCUT2D eigenvalue weighted by Gasteiger charge is -2.43. The fourth-order valence-corrected chi connectivity index (χ4v) is 3.17. The Bertz CT molecular complexity index is 432. The van der Waals surface area contributed by atoms with Crippen molar-refractivity contribution in [2.24, 2.45) is 0 Å². The van der Waals surface area contributed by atoms with Crippen molar-refractivity contribution in [1.29, 1.82) is 0 Å². The molecule has 1 aromatic heterocycles. The third-order valence-electron chi connectivity index (χ3n) is 4.71. The second-order valence-corrected chi connectivity index (χ2v) is 5.73. The van der Waals surface area contributed by atoms with Crippen LogP contribution in [0.2, 0.25) is 0 Å². The number of nitrogens with zero attached hydrogens (tertiary/aromatic N) is 3. The normalized spacial score (nSPS) is 22.8. The van der Waals surface area contributed by atoms with Crippen LogP contribution in [0.4, 0.5) is 0 Å². The molecule has 1 saturated heterocycles. The SMILES string of the molecule is CN(C(=O)C1(n2cccn2)CCNCC1)C1CCC1. The summed E-state index contributed by atoms with van der Waals surface area (Å²) in [6, 6.07) is 2.34. The maximum absolute atomic E-state index is 13.0. The van der Waals surface area contributed by atoms with Gasteiger partial charge in [0, 0.05) is 25.5 Å². The van der Waals surface area contributed by atoms with Crippen LogP contribution in [0.25, 0.3) is 0 Å². The molecule has 1 amide bonds. The molecule has 2 fully saturated rings. The molecule has 5 nitrogen and oxygen atoms in total. The molecule has 3 rings (SSSR count). The highest BCUT2D eigenvalue weighted by Gasteiger charge is 2.45. The van der Waals surface area contributed by atoms with Crippen molar-refractivity contribution in [2.45, 2.75) is 43.7 Å². The van der Waals surface area contributed by atoms with Crippen LogP contribution in [0.15, 0.2) is 18.5 Å². The number of rotatable bonds is 3. The average Bonchev–Trinajstić information content (AvgIpc) is 2.91. The van der Waals surface area contributed by atoms with Crippen molar-refractivity contribution < 1.29 is 4.79 Å². The highest BCUT2D eigenvalue weighted by molar-refractivity contribution is 5.84. The topological polar surface area (TPSA) is 50.2 Å². The van der Waals surface area contributed by atoms with Crippen LogP contribution in [0.3, 0.4) is 0 Å². The predicted octanol–water partition coefficient (Wildman–Crippen LogP) is 0.973. The molecule has 1 aromatic rings.